The highest BCUT2D eigenvalue weighted by molar-refractivity contribution is 7.11. The van der Waals surface area contributed by atoms with Crippen LogP contribution in [0.3, 0.4) is 0 Å². The number of morpholine rings is 1. The first kappa shape index (κ1) is 19.2. The quantitative estimate of drug-likeness (QED) is 0.584. The molecular formula is C18H32N4OS. The molecule has 5 nitrogen and oxygen atoms in total. The van der Waals surface area contributed by atoms with Gasteiger partial charge in [0.05, 0.1) is 19.8 Å². The van der Waals surface area contributed by atoms with E-state index in [0.29, 0.717) is 12.0 Å². The average molecular weight is 353 g/mol. The van der Waals surface area contributed by atoms with Crippen molar-refractivity contribution in [2.45, 2.75) is 39.8 Å². The summed E-state index contributed by atoms with van der Waals surface area (Å²) in [6.45, 7) is 12.2. The van der Waals surface area contributed by atoms with Gasteiger partial charge in [0.1, 0.15) is 0 Å². The van der Waals surface area contributed by atoms with Crippen molar-refractivity contribution in [3.63, 3.8) is 0 Å². The number of rotatable bonds is 7. The molecule has 1 aromatic heterocycles. The summed E-state index contributed by atoms with van der Waals surface area (Å²) >= 11 is 1.87. The molecule has 1 aromatic rings. The minimum absolute atomic E-state index is 0.501. The summed E-state index contributed by atoms with van der Waals surface area (Å²) in [7, 11) is 1.83. The normalized spacial score (nSPS) is 18.0. The molecule has 1 aliphatic heterocycles. The molecule has 136 valence electrons. The molecule has 0 bridgehead atoms. The summed E-state index contributed by atoms with van der Waals surface area (Å²) in [5.41, 5.74) is 0. The van der Waals surface area contributed by atoms with Gasteiger partial charge in [0, 0.05) is 42.5 Å². The zero-order valence-corrected chi connectivity index (χ0v) is 16.3. The van der Waals surface area contributed by atoms with Crippen LogP contribution in [0.5, 0.6) is 0 Å². The summed E-state index contributed by atoms with van der Waals surface area (Å²) < 4.78 is 5.48. The van der Waals surface area contributed by atoms with Crippen LogP contribution in [-0.4, -0.2) is 56.8 Å². The molecule has 1 atom stereocenters. The monoisotopic (exact) mass is 352 g/mol. The number of thiophene rings is 1. The van der Waals surface area contributed by atoms with E-state index in [1.165, 1.54) is 9.75 Å². The number of hydrogen-bond donors (Lipinski definition) is 2. The van der Waals surface area contributed by atoms with E-state index < -0.39 is 0 Å². The second-order valence-electron chi connectivity index (χ2n) is 6.49. The van der Waals surface area contributed by atoms with Gasteiger partial charge in [-0.3, -0.25) is 9.89 Å². The van der Waals surface area contributed by atoms with Gasteiger partial charge in [-0.25, -0.2) is 0 Å². The smallest absolute Gasteiger partial charge is 0.191 e. The fourth-order valence-corrected chi connectivity index (χ4v) is 3.89. The number of guanidine groups is 1. The molecule has 0 aromatic carbocycles. The highest BCUT2D eigenvalue weighted by atomic mass is 32.1. The van der Waals surface area contributed by atoms with E-state index in [2.05, 4.69) is 53.4 Å². The third-order valence-electron chi connectivity index (χ3n) is 4.48. The number of ether oxygens (including phenoxy) is 1. The molecule has 2 N–H and O–H groups in total. The van der Waals surface area contributed by atoms with Crippen LogP contribution in [-0.2, 0) is 17.7 Å². The van der Waals surface area contributed by atoms with E-state index in [-0.39, 0.29) is 0 Å². The van der Waals surface area contributed by atoms with Crippen molar-refractivity contribution in [1.82, 2.24) is 15.5 Å². The topological polar surface area (TPSA) is 48.9 Å². The molecule has 0 amide bonds. The minimum atomic E-state index is 0.501. The lowest BCUT2D eigenvalue weighted by molar-refractivity contribution is 0.00752. The van der Waals surface area contributed by atoms with Crippen molar-refractivity contribution in [2.24, 2.45) is 10.9 Å². The second kappa shape index (κ2) is 10.0. The Balaban J connectivity index is 1.82. The predicted octanol–water partition coefficient (Wildman–Crippen LogP) is 2.33. The van der Waals surface area contributed by atoms with Crippen molar-refractivity contribution < 1.29 is 4.74 Å². The van der Waals surface area contributed by atoms with Crippen LogP contribution in [0.15, 0.2) is 17.1 Å². The van der Waals surface area contributed by atoms with Gasteiger partial charge in [-0.1, -0.05) is 20.8 Å². The lowest BCUT2D eigenvalue weighted by Gasteiger charge is -2.37. The second-order valence-corrected chi connectivity index (χ2v) is 7.74. The van der Waals surface area contributed by atoms with E-state index in [1.807, 2.05) is 18.4 Å². The number of hydrogen-bond acceptors (Lipinski definition) is 4. The summed E-state index contributed by atoms with van der Waals surface area (Å²) in [4.78, 5) is 9.67. The predicted molar refractivity (Wildman–Crippen MR) is 103 cm³/mol. The van der Waals surface area contributed by atoms with Crippen molar-refractivity contribution >= 4 is 17.3 Å². The largest absolute Gasteiger partial charge is 0.379 e. The lowest BCUT2D eigenvalue weighted by Crippen LogP contribution is -2.52. The van der Waals surface area contributed by atoms with Gasteiger partial charge in [0.2, 0.25) is 0 Å². The maximum Gasteiger partial charge on any atom is 0.191 e. The van der Waals surface area contributed by atoms with E-state index in [9.17, 15) is 0 Å². The fraction of sp³-hybridized carbons (Fsp3) is 0.722. The first-order chi connectivity index (χ1) is 11.6. The number of aliphatic imine (C=N–C) groups is 1. The Labute approximate surface area is 150 Å². The number of aryl methyl sites for hydroxylation is 1. The molecule has 0 aliphatic carbocycles. The molecule has 0 spiro atoms. The van der Waals surface area contributed by atoms with E-state index >= 15 is 0 Å². The van der Waals surface area contributed by atoms with Crippen LogP contribution >= 0.6 is 11.3 Å². The first-order valence-electron chi connectivity index (χ1n) is 8.98. The van der Waals surface area contributed by atoms with E-state index in [0.717, 1.165) is 51.8 Å². The standard InChI is InChI=1S/C18H32N4OS/c1-5-15-6-7-16(24-15)12-20-18(19-4)21-13-17(14(2)3)22-8-10-23-11-9-22/h6-7,14,17H,5,8-13H2,1-4H3,(H2,19,20,21). The molecule has 2 heterocycles. The Morgan fingerprint density at radius 2 is 1.96 bits per heavy atom. The van der Waals surface area contributed by atoms with Crippen molar-refractivity contribution in [3.05, 3.63) is 21.9 Å². The van der Waals surface area contributed by atoms with Crippen LogP contribution in [0, 0.1) is 5.92 Å². The Hall–Kier alpha value is -1.11. The first-order valence-corrected chi connectivity index (χ1v) is 9.79. The van der Waals surface area contributed by atoms with Gasteiger partial charge in [-0.2, -0.15) is 0 Å². The summed E-state index contributed by atoms with van der Waals surface area (Å²) in [5, 5.41) is 6.93. The average Bonchev–Trinajstić information content (AvgIpc) is 3.06. The van der Waals surface area contributed by atoms with Crippen molar-refractivity contribution in [3.8, 4) is 0 Å². The molecule has 1 fully saturated rings. The molecule has 0 radical (unpaired) electrons. The van der Waals surface area contributed by atoms with Crippen LogP contribution in [0.25, 0.3) is 0 Å². The highest BCUT2D eigenvalue weighted by Crippen LogP contribution is 2.16. The molecule has 1 saturated heterocycles. The zero-order chi connectivity index (χ0) is 17.4. The van der Waals surface area contributed by atoms with Gasteiger partial charge < -0.3 is 15.4 Å². The molecule has 0 saturated carbocycles. The molecular weight excluding hydrogens is 320 g/mol. The van der Waals surface area contributed by atoms with Crippen molar-refractivity contribution in [2.75, 3.05) is 39.9 Å². The molecule has 6 heteroatoms. The van der Waals surface area contributed by atoms with E-state index in [1.54, 1.807) is 0 Å². The van der Waals surface area contributed by atoms with Gasteiger partial charge in [0.15, 0.2) is 5.96 Å². The van der Waals surface area contributed by atoms with Gasteiger partial charge >= 0.3 is 0 Å². The Bertz CT molecular complexity index is 509. The lowest BCUT2D eigenvalue weighted by atomic mass is 10.0. The summed E-state index contributed by atoms with van der Waals surface area (Å²) in [6, 6.07) is 4.92. The van der Waals surface area contributed by atoms with Crippen molar-refractivity contribution in [1.29, 1.82) is 0 Å². The molecule has 24 heavy (non-hydrogen) atoms. The zero-order valence-electron chi connectivity index (χ0n) is 15.5. The van der Waals surface area contributed by atoms with Gasteiger partial charge in [-0.15, -0.1) is 11.3 Å². The highest BCUT2D eigenvalue weighted by Gasteiger charge is 2.23. The maximum atomic E-state index is 5.48. The molecule has 1 aliphatic rings. The van der Waals surface area contributed by atoms with E-state index in [4.69, 9.17) is 4.74 Å². The van der Waals surface area contributed by atoms with Gasteiger partial charge in [0.25, 0.3) is 0 Å². The Morgan fingerprint density at radius 3 is 2.54 bits per heavy atom. The Morgan fingerprint density at radius 1 is 1.25 bits per heavy atom. The SMILES string of the molecule is CCc1ccc(CNC(=NC)NCC(C(C)C)N2CCOCC2)s1. The minimum Gasteiger partial charge on any atom is -0.379 e. The number of nitrogens with one attached hydrogen (secondary N) is 2. The third kappa shape index (κ3) is 5.76. The molecule has 1 unspecified atom stereocenters. The van der Waals surface area contributed by atoms with Crippen LogP contribution in [0.4, 0.5) is 0 Å². The van der Waals surface area contributed by atoms with Crippen LogP contribution in [0.2, 0.25) is 0 Å². The fourth-order valence-electron chi connectivity index (χ4n) is 3.00. The van der Waals surface area contributed by atoms with Gasteiger partial charge in [-0.05, 0) is 24.5 Å². The Kier molecular flexibility index (Phi) is 8.02. The third-order valence-corrected chi connectivity index (χ3v) is 5.71. The molecule has 2 rings (SSSR count). The van der Waals surface area contributed by atoms with Crippen LogP contribution in [0.1, 0.15) is 30.5 Å². The van der Waals surface area contributed by atoms with Crippen LogP contribution < -0.4 is 10.6 Å². The summed E-state index contributed by atoms with van der Waals surface area (Å²) in [5.74, 6) is 1.47. The number of nitrogens with zero attached hydrogens (tertiary/aromatic N) is 2. The maximum absolute atomic E-state index is 5.48. The summed E-state index contributed by atoms with van der Waals surface area (Å²) in [6.07, 6.45) is 1.10.